The van der Waals surface area contributed by atoms with Crippen LogP contribution in [0.25, 0.3) is 11.3 Å². The van der Waals surface area contributed by atoms with Gasteiger partial charge in [0.15, 0.2) is 5.82 Å². The molecule has 0 aliphatic carbocycles. The number of nitrogens with zero attached hydrogens (tertiary/aromatic N) is 6. The predicted octanol–water partition coefficient (Wildman–Crippen LogP) is 1.83. The van der Waals surface area contributed by atoms with Crippen molar-refractivity contribution in [1.82, 2.24) is 24.5 Å². The summed E-state index contributed by atoms with van der Waals surface area (Å²) in [5, 5.41) is 19.0. The van der Waals surface area contributed by atoms with E-state index >= 15 is 0 Å². The molecule has 1 aromatic carbocycles. The summed E-state index contributed by atoms with van der Waals surface area (Å²) >= 11 is 0. The average molecular weight is 298 g/mol. The van der Waals surface area contributed by atoms with E-state index in [2.05, 4.69) is 15.3 Å². The number of hydrogen-bond acceptors (Lipinski definition) is 5. The summed E-state index contributed by atoms with van der Waals surface area (Å²) in [7, 11) is 1.64. The Morgan fingerprint density at radius 2 is 2.05 bits per heavy atom. The Hall–Kier alpha value is -3.03. The van der Waals surface area contributed by atoms with Crippen molar-refractivity contribution >= 4 is 5.82 Å². The first-order chi connectivity index (χ1) is 10.6. The number of aromatic nitrogens is 5. The van der Waals surface area contributed by atoms with Crippen LogP contribution in [0.15, 0.2) is 42.7 Å². The van der Waals surface area contributed by atoms with Gasteiger partial charge in [0.1, 0.15) is 11.9 Å². The Morgan fingerprint density at radius 3 is 2.73 bits per heavy atom. The van der Waals surface area contributed by atoms with Gasteiger partial charge in [0.25, 0.3) is 0 Å². The van der Waals surface area contributed by atoms with Crippen LogP contribution in [0.2, 0.25) is 0 Å². The second kappa shape index (κ2) is 5.76. The molecule has 112 valence electrons. The van der Waals surface area contributed by atoms with Crippen molar-refractivity contribution in [3.05, 3.63) is 58.7 Å². The average Bonchev–Trinajstić information content (AvgIpc) is 3.13. The van der Waals surface area contributed by atoms with E-state index in [4.69, 9.17) is 0 Å². The smallest absolute Gasteiger partial charge is 0.342 e. The second-order valence-electron chi connectivity index (χ2n) is 4.83. The van der Waals surface area contributed by atoms with Crippen molar-refractivity contribution < 1.29 is 4.92 Å². The maximum Gasteiger partial charge on any atom is 0.342 e. The van der Waals surface area contributed by atoms with Crippen LogP contribution in [-0.4, -0.2) is 29.5 Å². The predicted molar refractivity (Wildman–Crippen MR) is 79.0 cm³/mol. The zero-order valence-corrected chi connectivity index (χ0v) is 12.0. The summed E-state index contributed by atoms with van der Waals surface area (Å²) < 4.78 is 3.19. The fraction of sp³-hybridized carbons (Fsp3) is 0.214. The summed E-state index contributed by atoms with van der Waals surface area (Å²) in [6.45, 7) is 0.557. The molecule has 3 rings (SSSR count). The first-order valence-electron chi connectivity index (χ1n) is 6.75. The molecule has 0 spiro atoms. The molecule has 0 fully saturated rings. The van der Waals surface area contributed by atoms with Crippen molar-refractivity contribution in [2.24, 2.45) is 7.05 Å². The van der Waals surface area contributed by atoms with Gasteiger partial charge in [0, 0.05) is 12.0 Å². The van der Waals surface area contributed by atoms with E-state index in [9.17, 15) is 10.1 Å². The number of benzene rings is 1. The van der Waals surface area contributed by atoms with Gasteiger partial charge in [-0.3, -0.25) is 4.68 Å². The molecule has 22 heavy (non-hydrogen) atoms. The highest BCUT2D eigenvalue weighted by Crippen LogP contribution is 2.16. The van der Waals surface area contributed by atoms with Crippen molar-refractivity contribution in [2.75, 3.05) is 0 Å². The summed E-state index contributed by atoms with van der Waals surface area (Å²) in [5.74, 6) is 0.627. The van der Waals surface area contributed by atoms with E-state index in [-0.39, 0.29) is 5.82 Å². The third-order valence-corrected chi connectivity index (χ3v) is 3.42. The highest BCUT2D eigenvalue weighted by atomic mass is 16.6. The monoisotopic (exact) mass is 298 g/mol. The molecule has 8 nitrogen and oxygen atoms in total. The van der Waals surface area contributed by atoms with Crippen LogP contribution in [0, 0.1) is 10.1 Å². The van der Waals surface area contributed by atoms with Gasteiger partial charge in [-0.2, -0.15) is 0 Å². The zero-order valence-electron chi connectivity index (χ0n) is 12.0. The van der Waals surface area contributed by atoms with E-state index in [1.807, 2.05) is 36.5 Å². The lowest BCUT2D eigenvalue weighted by molar-refractivity contribution is -0.391. The lowest BCUT2D eigenvalue weighted by Gasteiger charge is -1.99. The number of aryl methyl sites for hydroxylation is 2. The fourth-order valence-corrected chi connectivity index (χ4v) is 2.20. The Labute approximate surface area is 126 Å². The first-order valence-corrected chi connectivity index (χ1v) is 6.75. The molecule has 0 aliphatic heterocycles. The second-order valence-corrected chi connectivity index (χ2v) is 4.83. The van der Waals surface area contributed by atoms with Crippen LogP contribution in [0.5, 0.6) is 0 Å². The maximum atomic E-state index is 10.8. The molecule has 0 saturated heterocycles. The molecule has 0 saturated carbocycles. The minimum atomic E-state index is -0.445. The minimum absolute atomic E-state index is 0.0152. The van der Waals surface area contributed by atoms with E-state index in [1.165, 1.54) is 10.8 Å². The molecule has 0 unspecified atom stereocenters. The Bertz CT molecular complexity index is 793. The Kier molecular flexibility index (Phi) is 3.65. The molecule has 2 heterocycles. The first kappa shape index (κ1) is 13.9. The van der Waals surface area contributed by atoms with Gasteiger partial charge in [-0.15, -0.1) is 5.10 Å². The molecule has 0 radical (unpaired) electrons. The van der Waals surface area contributed by atoms with E-state index in [0.717, 1.165) is 11.3 Å². The number of hydrogen-bond donors (Lipinski definition) is 0. The summed E-state index contributed by atoms with van der Waals surface area (Å²) in [6, 6.07) is 9.78. The summed E-state index contributed by atoms with van der Waals surface area (Å²) in [6.07, 6.45) is 3.67. The molecule has 0 bridgehead atoms. The van der Waals surface area contributed by atoms with Gasteiger partial charge in [0.2, 0.25) is 0 Å². The largest absolute Gasteiger partial charge is 0.358 e. The van der Waals surface area contributed by atoms with Gasteiger partial charge in [-0.25, -0.2) is 9.55 Å². The summed E-state index contributed by atoms with van der Waals surface area (Å²) in [5.41, 5.74) is 1.80. The minimum Gasteiger partial charge on any atom is -0.358 e. The molecule has 8 heteroatoms. The van der Waals surface area contributed by atoms with Crippen LogP contribution in [0.3, 0.4) is 0 Å². The lowest BCUT2D eigenvalue weighted by atomic mass is 10.2. The Balaban J connectivity index is 1.70. The van der Waals surface area contributed by atoms with Crippen molar-refractivity contribution in [3.63, 3.8) is 0 Å². The van der Waals surface area contributed by atoms with Gasteiger partial charge in [-0.1, -0.05) is 35.5 Å². The van der Waals surface area contributed by atoms with E-state index < -0.39 is 4.92 Å². The number of rotatable bonds is 5. The highest BCUT2D eigenvalue weighted by molar-refractivity contribution is 5.57. The highest BCUT2D eigenvalue weighted by Gasteiger charge is 2.16. The number of imidazole rings is 1. The maximum absolute atomic E-state index is 10.8. The van der Waals surface area contributed by atoms with Crippen LogP contribution < -0.4 is 0 Å². The molecule has 0 atom stereocenters. The fourth-order valence-electron chi connectivity index (χ4n) is 2.20. The van der Waals surface area contributed by atoms with Crippen molar-refractivity contribution in [3.8, 4) is 11.3 Å². The molecule has 3 aromatic rings. The van der Waals surface area contributed by atoms with E-state index in [0.29, 0.717) is 18.8 Å². The normalized spacial score (nSPS) is 10.8. The van der Waals surface area contributed by atoms with Gasteiger partial charge in [0.05, 0.1) is 19.8 Å². The van der Waals surface area contributed by atoms with Gasteiger partial charge in [-0.05, 0) is 4.92 Å². The third kappa shape index (κ3) is 2.71. The topological polar surface area (TPSA) is 91.7 Å². The lowest BCUT2D eigenvalue weighted by Crippen LogP contribution is -2.07. The van der Waals surface area contributed by atoms with Crippen molar-refractivity contribution in [1.29, 1.82) is 0 Å². The molecule has 0 amide bonds. The molecule has 0 N–H and O–H groups in total. The third-order valence-electron chi connectivity index (χ3n) is 3.42. The standard InChI is InChI=1S/C14H14N6O2/c1-18-13(15-9-14(18)20(21)22)7-8-19-10-12(16-17-19)11-5-3-2-4-6-11/h2-6,9-10H,7-8H2,1H3. The quantitative estimate of drug-likeness (QED) is 0.529. The van der Waals surface area contributed by atoms with Crippen molar-refractivity contribution in [2.45, 2.75) is 13.0 Å². The SMILES string of the molecule is Cn1c([N+](=O)[O-])cnc1CCn1cc(-c2ccccc2)nn1. The molecular weight excluding hydrogens is 284 g/mol. The van der Waals surface area contributed by atoms with Crippen LogP contribution in [-0.2, 0) is 20.0 Å². The van der Waals surface area contributed by atoms with Gasteiger partial charge >= 0.3 is 5.82 Å². The number of nitro groups is 1. The van der Waals surface area contributed by atoms with Gasteiger partial charge < -0.3 is 10.1 Å². The molecule has 2 aromatic heterocycles. The molecular formula is C14H14N6O2. The molecule has 0 aliphatic rings. The van der Waals surface area contributed by atoms with Crippen LogP contribution in [0.1, 0.15) is 5.82 Å². The zero-order chi connectivity index (χ0) is 15.5. The Morgan fingerprint density at radius 1 is 1.27 bits per heavy atom. The van der Waals surface area contributed by atoms with E-state index in [1.54, 1.807) is 11.7 Å². The van der Waals surface area contributed by atoms with Crippen LogP contribution >= 0.6 is 0 Å². The summed E-state index contributed by atoms with van der Waals surface area (Å²) in [4.78, 5) is 14.4. The van der Waals surface area contributed by atoms with Crippen LogP contribution in [0.4, 0.5) is 5.82 Å².